The van der Waals surface area contributed by atoms with Gasteiger partial charge in [0.05, 0.1) is 11.6 Å². The fraction of sp³-hybridized carbons (Fsp3) is 0.200. The molecule has 0 atom stereocenters. The van der Waals surface area contributed by atoms with Crippen LogP contribution in [0.2, 0.25) is 0 Å². The van der Waals surface area contributed by atoms with Gasteiger partial charge in [-0.1, -0.05) is 55.8 Å². The van der Waals surface area contributed by atoms with Crippen molar-refractivity contribution >= 4 is 28.6 Å². The molecule has 0 fully saturated rings. The van der Waals surface area contributed by atoms with E-state index >= 15 is 0 Å². The zero-order chi connectivity index (χ0) is 18.6. The lowest BCUT2D eigenvalue weighted by Gasteiger charge is -2.17. The summed E-state index contributed by atoms with van der Waals surface area (Å²) in [5.74, 6) is 0. The van der Waals surface area contributed by atoms with E-state index in [1.807, 2.05) is 18.2 Å². The van der Waals surface area contributed by atoms with E-state index < -0.39 is 0 Å². The van der Waals surface area contributed by atoms with Gasteiger partial charge in [0, 0.05) is 12.3 Å². The molecule has 0 aromatic heterocycles. The van der Waals surface area contributed by atoms with Crippen molar-refractivity contribution in [2.75, 3.05) is 6.54 Å². The highest BCUT2D eigenvalue weighted by Gasteiger charge is 2.13. The van der Waals surface area contributed by atoms with Gasteiger partial charge < -0.3 is 0 Å². The van der Waals surface area contributed by atoms with Gasteiger partial charge in [0.15, 0.2) is 0 Å². The van der Waals surface area contributed by atoms with E-state index in [1.54, 1.807) is 0 Å². The Hall–Kier alpha value is -3.18. The second-order valence-corrected chi connectivity index (χ2v) is 7.01. The fourth-order valence-corrected chi connectivity index (χ4v) is 3.66. The van der Waals surface area contributed by atoms with Crippen molar-refractivity contribution in [3.63, 3.8) is 0 Å². The molecule has 1 aliphatic rings. The van der Waals surface area contributed by atoms with Crippen LogP contribution >= 0.6 is 0 Å². The van der Waals surface area contributed by atoms with Crippen LogP contribution in [-0.2, 0) is 6.42 Å². The summed E-state index contributed by atoms with van der Waals surface area (Å²) in [6, 6.07) is 21.1. The minimum absolute atomic E-state index is 0.699. The van der Waals surface area contributed by atoms with Gasteiger partial charge in [-0.25, -0.2) is 0 Å². The summed E-state index contributed by atoms with van der Waals surface area (Å²) in [6.45, 7) is 3.13. The van der Waals surface area contributed by atoms with E-state index in [2.05, 4.69) is 61.5 Å². The number of hydrogen-bond acceptors (Lipinski definition) is 2. The van der Waals surface area contributed by atoms with Crippen LogP contribution in [0, 0.1) is 11.3 Å². The van der Waals surface area contributed by atoms with E-state index in [-0.39, 0.29) is 0 Å². The molecule has 0 saturated carbocycles. The van der Waals surface area contributed by atoms with Gasteiger partial charge in [-0.2, -0.15) is 5.26 Å². The molecule has 3 aromatic rings. The second-order valence-electron chi connectivity index (χ2n) is 7.01. The van der Waals surface area contributed by atoms with E-state index in [1.165, 1.54) is 22.4 Å². The number of benzene rings is 3. The maximum absolute atomic E-state index is 9.03. The predicted octanol–water partition coefficient (Wildman–Crippen LogP) is 6.03. The summed E-state index contributed by atoms with van der Waals surface area (Å²) in [5, 5.41) is 11.3. The van der Waals surface area contributed by atoms with Crippen molar-refractivity contribution in [2.45, 2.75) is 26.2 Å². The summed E-state index contributed by atoms with van der Waals surface area (Å²) in [7, 11) is 0. The number of nitrogens with zero attached hydrogens (tertiary/aromatic N) is 2. The minimum Gasteiger partial charge on any atom is -0.289 e. The highest BCUT2D eigenvalue weighted by Crippen LogP contribution is 2.23. The Morgan fingerprint density at radius 3 is 2.52 bits per heavy atom. The highest BCUT2D eigenvalue weighted by molar-refractivity contribution is 6.03. The Kier molecular flexibility index (Phi) is 4.85. The van der Waals surface area contributed by atoms with E-state index in [9.17, 15) is 0 Å². The smallest absolute Gasteiger partial charge is 0.0991 e. The topological polar surface area (TPSA) is 36.1 Å². The molecule has 2 heteroatoms. The minimum atomic E-state index is 0.699. The van der Waals surface area contributed by atoms with Crippen LogP contribution in [-0.4, -0.2) is 12.3 Å². The Morgan fingerprint density at radius 1 is 0.963 bits per heavy atom. The normalized spacial score (nSPS) is 13.4. The summed E-state index contributed by atoms with van der Waals surface area (Å²) in [6.07, 6.45) is 7.54. The predicted molar refractivity (Wildman–Crippen MR) is 114 cm³/mol. The van der Waals surface area contributed by atoms with Gasteiger partial charge in [0.25, 0.3) is 0 Å². The zero-order valence-electron chi connectivity index (χ0n) is 15.6. The molecule has 0 bridgehead atoms. The van der Waals surface area contributed by atoms with Crippen LogP contribution < -0.4 is 0 Å². The lowest BCUT2D eigenvalue weighted by Crippen LogP contribution is -2.12. The fourth-order valence-electron chi connectivity index (χ4n) is 3.66. The van der Waals surface area contributed by atoms with E-state index in [0.29, 0.717) is 5.56 Å². The maximum Gasteiger partial charge on any atom is 0.0991 e. The first-order chi connectivity index (χ1) is 13.3. The zero-order valence-corrected chi connectivity index (χ0v) is 15.6. The second kappa shape index (κ2) is 7.60. The molecule has 0 unspecified atom stereocenters. The Bertz CT molecular complexity index is 1100. The van der Waals surface area contributed by atoms with Crippen LogP contribution in [0.15, 0.2) is 59.6 Å². The molecule has 0 spiro atoms. The molecular weight excluding hydrogens is 328 g/mol. The molecule has 4 rings (SSSR count). The highest BCUT2D eigenvalue weighted by atomic mass is 14.7. The standard InChI is InChI=1S/C25H22N2/c1-2-3-25-24-16-19(6-9-21(24)12-13-27-25)5-4-18-7-10-23-15-20(17-26)8-11-22(23)14-18/h4-11,14-16H,2-3,12-13H2,1H3. The molecule has 1 aliphatic heterocycles. The molecule has 0 aliphatic carbocycles. The molecule has 27 heavy (non-hydrogen) atoms. The number of hydrogen-bond donors (Lipinski definition) is 0. The number of fused-ring (bicyclic) bond motifs is 2. The van der Waals surface area contributed by atoms with Crippen LogP contribution in [0.1, 0.15) is 47.6 Å². The monoisotopic (exact) mass is 350 g/mol. The average Bonchev–Trinajstić information content (AvgIpc) is 2.72. The first-order valence-electron chi connectivity index (χ1n) is 9.55. The van der Waals surface area contributed by atoms with Crippen LogP contribution in [0.5, 0.6) is 0 Å². The van der Waals surface area contributed by atoms with Crippen LogP contribution in [0.3, 0.4) is 0 Å². The SMILES string of the molecule is CCCC1=NCCc2ccc(C=Cc3ccc4cc(C#N)ccc4c3)cc21. The lowest BCUT2D eigenvalue weighted by atomic mass is 9.93. The third-order valence-corrected chi connectivity index (χ3v) is 5.08. The third-order valence-electron chi connectivity index (χ3n) is 5.08. The van der Waals surface area contributed by atoms with Gasteiger partial charge in [-0.05, 0) is 70.1 Å². The Morgan fingerprint density at radius 2 is 1.70 bits per heavy atom. The molecule has 2 nitrogen and oxygen atoms in total. The van der Waals surface area contributed by atoms with Crippen LogP contribution in [0.25, 0.3) is 22.9 Å². The number of rotatable bonds is 4. The van der Waals surface area contributed by atoms with Crippen molar-refractivity contribution in [1.82, 2.24) is 0 Å². The molecule has 0 amide bonds. The summed E-state index contributed by atoms with van der Waals surface area (Å²) >= 11 is 0. The van der Waals surface area contributed by atoms with E-state index in [4.69, 9.17) is 10.3 Å². The molecule has 0 saturated heterocycles. The van der Waals surface area contributed by atoms with Crippen molar-refractivity contribution in [2.24, 2.45) is 4.99 Å². The average molecular weight is 350 g/mol. The van der Waals surface area contributed by atoms with Crippen molar-refractivity contribution < 1.29 is 0 Å². The first kappa shape index (κ1) is 17.2. The molecular formula is C25H22N2. The molecule has 1 heterocycles. The summed E-state index contributed by atoms with van der Waals surface area (Å²) in [5.41, 5.74) is 7.07. The van der Waals surface area contributed by atoms with Crippen LogP contribution in [0.4, 0.5) is 0 Å². The Balaban J connectivity index is 1.62. The van der Waals surface area contributed by atoms with Crippen molar-refractivity contribution in [3.8, 4) is 6.07 Å². The third kappa shape index (κ3) is 3.68. The van der Waals surface area contributed by atoms with E-state index in [0.717, 1.165) is 42.1 Å². The van der Waals surface area contributed by atoms with Gasteiger partial charge >= 0.3 is 0 Å². The van der Waals surface area contributed by atoms with Crippen molar-refractivity contribution in [3.05, 3.63) is 82.4 Å². The molecule has 3 aromatic carbocycles. The maximum atomic E-state index is 9.03. The number of aliphatic imine (C=N–C) groups is 1. The van der Waals surface area contributed by atoms with Crippen molar-refractivity contribution in [1.29, 1.82) is 5.26 Å². The quantitative estimate of drug-likeness (QED) is 0.529. The van der Waals surface area contributed by atoms with Gasteiger partial charge in [0.2, 0.25) is 0 Å². The van der Waals surface area contributed by atoms with Gasteiger partial charge in [-0.3, -0.25) is 4.99 Å². The van der Waals surface area contributed by atoms with Gasteiger partial charge in [-0.15, -0.1) is 0 Å². The molecule has 0 radical (unpaired) electrons. The lowest BCUT2D eigenvalue weighted by molar-refractivity contribution is 0.905. The van der Waals surface area contributed by atoms with Gasteiger partial charge in [0.1, 0.15) is 0 Å². The Labute approximate surface area is 160 Å². The molecule has 0 N–H and O–H groups in total. The number of nitriles is 1. The largest absolute Gasteiger partial charge is 0.289 e. The summed E-state index contributed by atoms with van der Waals surface area (Å²) < 4.78 is 0. The molecule has 132 valence electrons. The summed E-state index contributed by atoms with van der Waals surface area (Å²) in [4.78, 5) is 4.74. The first-order valence-corrected chi connectivity index (χ1v) is 9.55.